The maximum absolute atomic E-state index is 6.07. The van der Waals surface area contributed by atoms with Gasteiger partial charge in [-0.15, -0.1) is 0 Å². The van der Waals surface area contributed by atoms with Crippen LogP contribution in [0.2, 0.25) is 0 Å². The summed E-state index contributed by atoms with van der Waals surface area (Å²) >= 11 is 0. The van der Waals surface area contributed by atoms with Crippen molar-refractivity contribution in [2.45, 2.75) is 64.0 Å². The third-order valence-corrected chi connectivity index (χ3v) is 4.42. The van der Waals surface area contributed by atoms with Gasteiger partial charge in [0, 0.05) is 19.7 Å². The molecule has 3 heteroatoms. The second-order valence-electron chi connectivity index (χ2n) is 5.29. The zero-order chi connectivity index (χ0) is 12.7. The van der Waals surface area contributed by atoms with E-state index in [1.807, 2.05) is 0 Å². The van der Waals surface area contributed by atoms with Crippen molar-refractivity contribution in [3.05, 3.63) is 0 Å². The van der Waals surface area contributed by atoms with Crippen molar-refractivity contribution in [2.24, 2.45) is 5.73 Å². The van der Waals surface area contributed by atoms with E-state index < -0.39 is 0 Å². The second kappa shape index (κ2) is 7.34. The minimum absolute atomic E-state index is 0.0471. The predicted octanol–water partition coefficient (Wildman–Crippen LogP) is 2.39. The Kier molecular flexibility index (Phi) is 6.45. The monoisotopic (exact) mass is 242 g/mol. The first kappa shape index (κ1) is 14.9. The number of nitrogens with two attached hydrogens (primary N) is 1. The van der Waals surface area contributed by atoms with Crippen molar-refractivity contribution in [1.29, 1.82) is 0 Å². The molecule has 0 aromatic carbocycles. The van der Waals surface area contributed by atoms with Crippen molar-refractivity contribution in [3.63, 3.8) is 0 Å². The molecule has 0 radical (unpaired) electrons. The van der Waals surface area contributed by atoms with Crippen molar-refractivity contribution in [2.75, 3.05) is 26.8 Å². The van der Waals surface area contributed by atoms with Crippen LogP contribution >= 0.6 is 0 Å². The Morgan fingerprint density at radius 2 is 1.88 bits per heavy atom. The van der Waals surface area contributed by atoms with Crippen LogP contribution in [0.4, 0.5) is 0 Å². The fourth-order valence-corrected chi connectivity index (χ4v) is 3.35. The first-order valence-corrected chi connectivity index (χ1v) is 7.19. The number of rotatable bonds is 7. The maximum atomic E-state index is 6.07. The topological polar surface area (TPSA) is 38.5 Å². The summed E-state index contributed by atoms with van der Waals surface area (Å²) in [5.74, 6) is 0. The van der Waals surface area contributed by atoms with E-state index in [2.05, 4.69) is 18.7 Å². The Balaban J connectivity index is 2.78. The molecular weight excluding hydrogens is 212 g/mol. The molecule has 0 aromatic rings. The molecule has 17 heavy (non-hydrogen) atoms. The average Bonchev–Trinajstić information content (AvgIpc) is 2.39. The van der Waals surface area contributed by atoms with Gasteiger partial charge in [-0.05, 0) is 25.8 Å². The normalized spacial score (nSPS) is 21.7. The van der Waals surface area contributed by atoms with Gasteiger partial charge in [-0.2, -0.15) is 0 Å². The fraction of sp³-hybridized carbons (Fsp3) is 1.00. The van der Waals surface area contributed by atoms with Gasteiger partial charge >= 0.3 is 0 Å². The van der Waals surface area contributed by atoms with E-state index in [1.54, 1.807) is 7.11 Å². The van der Waals surface area contributed by atoms with Crippen LogP contribution in [0.25, 0.3) is 0 Å². The molecule has 0 spiro atoms. The zero-order valence-corrected chi connectivity index (χ0v) is 11.9. The molecule has 0 bridgehead atoms. The maximum Gasteiger partial charge on any atom is 0.0659 e. The van der Waals surface area contributed by atoms with E-state index in [0.717, 1.165) is 19.6 Å². The van der Waals surface area contributed by atoms with Crippen molar-refractivity contribution >= 4 is 0 Å². The Morgan fingerprint density at radius 1 is 1.24 bits per heavy atom. The highest BCUT2D eigenvalue weighted by atomic mass is 16.5. The largest absolute Gasteiger partial charge is 0.383 e. The van der Waals surface area contributed by atoms with E-state index in [-0.39, 0.29) is 5.54 Å². The van der Waals surface area contributed by atoms with Crippen molar-refractivity contribution in [3.8, 4) is 0 Å². The van der Waals surface area contributed by atoms with Crippen LogP contribution in [0.15, 0.2) is 0 Å². The highest BCUT2D eigenvalue weighted by molar-refractivity contribution is 4.94. The van der Waals surface area contributed by atoms with E-state index >= 15 is 0 Å². The van der Waals surface area contributed by atoms with Gasteiger partial charge in [-0.25, -0.2) is 0 Å². The lowest BCUT2D eigenvalue weighted by atomic mass is 9.87. The number of hydrogen-bond acceptors (Lipinski definition) is 3. The third-order valence-electron chi connectivity index (χ3n) is 4.42. The smallest absolute Gasteiger partial charge is 0.0659 e. The molecule has 3 nitrogen and oxygen atoms in total. The Hall–Kier alpha value is -0.120. The molecule has 1 atom stereocenters. The molecule has 1 rings (SSSR count). The Labute approximate surface area is 107 Å². The molecule has 0 saturated heterocycles. The standard InChI is InChI=1S/C14H30N2O/c1-4-14(11-15,12-17-3)16(5-2)13-9-7-6-8-10-13/h13H,4-12,15H2,1-3H3. The van der Waals surface area contributed by atoms with Crippen LogP contribution in [-0.4, -0.2) is 43.3 Å². The highest BCUT2D eigenvalue weighted by Gasteiger charge is 2.37. The van der Waals surface area contributed by atoms with E-state index in [0.29, 0.717) is 12.6 Å². The molecule has 102 valence electrons. The summed E-state index contributed by atoms with van der Waals surface area (Å²) < 4.78 is 5.44. The van der Waals surface area contributed by atoms with E-state index in [9.17, 15) is 0 Å². The van der Waals surface area contributed by atoms with Gasteiger partial charge in [0.2, 0.25) is 0 Å². The van der Waals surface area contributed by atoms with Gasteiger partial charge in [0.15, 0.2) is 0 Å². The molecule has 1 aliphatic rings. The van der Waals surface area contributed by atoms with Gasteiger partial charge < -0.3 is 10.5 Å². The molecule has 0 aromatic heterocycles. The van der Waals surface area contributed by atoms with Gasteiger partial charge in [-0.1, -0.05) is 33.1 Å². The van der Waals surface area contributed by atoms with E-state index in [4.69, 9.17) is 10.5 Å². The van der Waals surface area contributed by atoms with Crippen LogP contribution < -0.4 is 5.73 Å². The summed E-state index contributed by atoms with van der Waals surface area (Å²) in [6.07, 6.45) is 7.89. The molecule has 1 saturated carbocycles. The lowest BCUT2D eigenvalue weighted by Crippen LogP contribution is -2.60. The van der Waals surface area contributed by atoms with Crippen LogP contribution in [0.1, 0.15) is 52.4 Å². The second-order valence-corrected chi connectivity index (χ2v) is 5.29. The minimum Gasteiger partial charge on any atom is -0.383 e. The molecule has 0 aliphatic heterocycles. The van der Waals surface area contributed by atoms with Crippen LogP contribution in [-0.2, 0) is 4.74 Å². The Bertz CT molecular complexity index is 198. The third kappa shape index (κ3) is 3.43. The SMILES string of the molecule is CCN(C1CCCCC1)C(CC)(CN)COC. The summed E-state index contributed by atoms with van der Waals surface area (Å²) in [7, 11) is 1.79. The predicted molar refractivity (Wildman–Crippen MR) is 73.2 cm³/mol. The number of likely N-dealkylation sites (N-methyl/N-ethyl adjacent to an activating group) is 1. The quantitative estimate of drug-likeness (QED) is 0.745. The summed E-state index contributed by atoms with van der Waals surface area (Å²) in [6, 6.07) is 0.715. The number of ether oxygens (including phenoxy) is 1. The zero-order valence-electron chi connectivity index (χ0n) is 11.9. The summed E-state index contributed by atoms with van der Waals surface area (Å²) in [4.78, 5) is 2.62. The number of methoxy groups -OCH3 is 1. The first-order chi connectivity index (χ1) is 8.24. The van der Waals surface area contributed by atoms with Crippen molar-refractivity contribution < 1.29 is 4.74 Å². The van der Waals surface area contributed by atoms with Gasteiger partial charge in [0.1, 0.15) is 0 Å². The van der Waals surface area contributed by atoms with Gasteiger partial charge in [0.05, 0.1) is 12.1 Å². The number of nitrogens with zero attached hydrogens (tertiary/aromatic N) is 1. The van der Waals surface area contributed by atoms with Crippen LogP contribution in [0.3, 0.4) is 0 Å². The molecule has 1 fully saturated rings. The average molecular weight is 242 g/mol. The highest BCUT2D eigenvalue weighted by Crippen LogP contribution is 2.30. The fourth-order valence-electron chi connectivity index (χ4n) is 3.35. The number of hydrogen-bond donors (Lipinski definition) is 1. The Morgan fingerprint density at radius 3 is 2.29 bits per heavy atom. The molecular formula is C14H30N2O. The minimum atomic E-state index is 0.0471. The summed E-state index contributed by atoms with van der Waals surface area (Å²) in [5, 5.41) is 0. The van der Waals surface area contributed by atoms with Crippen LogP contribution in [0, 0.1) is 0 Å². The molecule has 0 amide bonds. The summed E-state index contributed by atoms with van der Waals surface area (Å²) in [6.45, 7) is 7.02. The lowest BCUT2D eigenvalue weighted by molar-refractivity contribution is -0.0211. The summed E-state index contributed by atoms with van der Waals surface area (Å²) in [5.41, 5.74) is 6.11. The van der Waals surface area contributed by atoms with Crippen molar-refractivity contribution in [1.82, 2.24) is 4.90 Å². The van der Waals surface area contributed by atoms with Gasteiger partial charge in [0.25, 0.3) is 0 Å². The molecule has 0 heterocycles. The molecule has 1 aliphatic carbocycles. The van der Waals surface area contributed by atoms with Crippen LogP contribution in [0.5, 0.6) is 0 Å². The lowest BCUT2D eigenvalue weighted by Gasteiger charge is -2.47. The molecule has 1 unspecified atom stereocenters. The molecule has 2 N–H and O–H groups in total. The first-order valence-electron chi connectivity index (χ1n) is 7.19. The van der Waals surface area contributed by atoms with E-state index in [1.165, 1.54) is 32.1 Å². The van der Waals surface area contributed by atoms with Gasteiger partial charge in [-0.3, -0.25) is 4.90 Å².